The summed E-state index contributed by atoms with van der Waals surface area (Å²) in [6.07, 6.45) is 4.03. The first kappa shape index (κ1) is 8.42. The summed E-state index contributed by atoms with van der Waals surface area (Å²) in [5.74, 6) is -0.143. The van der Waals surface area contributed by atoms with Crippen molar-refractivity contribution in [3.8, 4) is 0 Å². The summed E-state index contributed by atoms with van der Waals surface area (Å²) in [5.41, 5.74) is 1.77. The molecule has 0 unspecified atom stereocenters. The average molecular weight is 191 g/mol. The van der Waals surface area contributed by atoms with E-state index in [2.05, 4.69) is 5.32 Å². The molecule has 0 aromatic heterocycles. The highest BCUT2D eigenvalue weighted by Gasteiger charge is 2.50. The smallest absolute Gasteiger partial charge is 0.123 e. The normalized spacial score (nSPS) is 28.2. The second-order valence-corrected chi connectivity index (χ2v) is 4.58. The van der Waals surface area contributed by atoms with Crippen LogP contribution in [0.2, 0.25) is 0 Å². The Kier molecular flexibility index (Phi) is 1.68. The SMILES string of the molecule is Fc1ccc([C@@H]2NCC23CCC3)cc1. The molecule has 2 fully saturated rings. The number of hydrogen-bond donors (Lipinski definition) is 1. The molecule has 74 valence electrons. The molecule has 1 saturated carbocycles. The van der Waals surface area contributed by atoms with E-state index in [-0.39, 0.29) is 5.82 Å². The van der Waals surface area contributed by atoms with Crippen LogP contribution in [0.4, 0.5) is 4.39 Å². The minimum atomic E-state index is -0.143. The number of hydrogen-bond acceptors (Lipinski definition) is 1. The predicted molar refractivity (Wildman–Crippen MR) is 53.4 cm³/mol. The zero-order chi connectivity index (χ0) is 9.60. The Hall–Kier alpha value is -0.890. The molecule has 1 atom stereocenters. The van der Waals surface area contributed by atoms with Gasteiger partial charge in [0.1, 0.15) is 5.82 Å². The number of benzene rings is 1. The number of halogens is 1. The lowest BCUT2D eigenvalue weighted by Gasteiger charge is -2.57. The van der Waals surface area contributed by atoms with E-state index in [4.69, 9.17) is 0 Å². The minimum absolute atomic E-state index is 0.143. The van der Waals surface area contributed by atoms with Crippen molar-refractivity contribution in [2.45, 2.75) is 25.3 Å². The van der Waals surface area contributed by atoms with Crippen LogP contribution in [0.1, 0.15) is 30.9 Å². The highest BCUT2D eigenvalue weighted by atomic mass is 19.1. The van der Waals surface area contributed by atoms with Gasteiger partial charge in [-0.25, -0.2) is 4.39 Å². The monoisotopic (exact) mass is 191 g/mol. The maximum absolute atomic E-state index is 12.7. The van der Waals surface area contributed by atoms with Crippen molar-refractivity contribution in [1.82, 2.24) is 5.32 Å². The van der Waals surface area contributed by atoms with Gasteiger partial charge in [-0.05, 0) is 30.5 Å². The highest BCUT2D eigenvalue weighted by Crippen LogP contribution is 2.55. The molecule has 2 aliphatic rings. The number of rotatable bonds is 1. The summed E-state index contributed by atoms with van der Waals surface area (Å²) in [6, 6.07) is 7.42. The summed E-state index contributed by atoms with van der Waals surface area (Å²) < 4.78 is 12.7. The molecule has 1 N–H and O–H groups in total. The molecule has 1 aromatic rings. The Bertz CT molecular complexity index is 334. The standard InChI is InChI=1S/C12H14FN/c13-10-4-2-9(3-5-10)11-12(8-14-11)6-1-7-12/h2-5,11,14H,1,6-8H2/t11-/m0/s1. The van der Waals surface area contributed by atoms with Gasteiger partial charge in [-0.15, -0.1) is 0 Å². The van der Waals surface area contributed by atoms with Gasteiger partial charge < -0.3 is 5.32 Å². The fourth-order valence-corrected chi connectivity index (χ4v) is 2.72. The first-order valence-corrected chi connectivity index (χ1v) is 5.29. The van der Waals surface area contributed by atoms with Crippen LogP contribution in [0.5, 0.6) is 0 Å². The van der Waals surface area contributed by atoms with E-state index >= 15 is 0 Å². The van der Waals surface area contributed by atoms with E-state index in [1.165, 1.54) is 24.8 Å². The van der Waals surface area contributed by atoms with Gasteiger partial charge in [0.05, 0.1) is 0 Å². The molecular weight excluding hydrogens is 177 g/mol. The molecule has 1 saturated heterocycles. The van der Waals surface area contributed by atoms with Crippen LogP contribution >= 0.6 is 0 Å². The Morgan fingerprint density at radius 2 is 1.93 bits per heavy atom. The lowest BCUT2D eigenvalue weighted by Crippen LogP contribution is -2.59. The summed E-state index contributed by atoms with van der Waals surface area (Å²) in [6.45, 7) is 1.15. The van der Waals surface area contributed by atoms with E-state index in [1.807, 2.05) is 12.1 Å². The van der Waals surface area contributed by atoms with Crippen LogP contribution in [0.3, 0.4) is 0 Å². The highest BCUT2D eigenvalue weighted by molar-refractivity contribution is 5.27. The Balaban J connectivity index is 1.85. The fraction of sp³-hybridized carbons (Fsp3) is 0.500. The first-order valence-electron chi connectivity index (χ1n) is 5.29. The van der Waals surface area contributed by atoms with Gasteiger partial charge in [-0.3, -0.25) is 0 Å². The molecular formula is C12H14FN. The third kappa shape index (κ3) is 1.04. The van der Waals surface area contributed by atoms with E-state index in [9.17, 15) is 4.39 Å². The van der Waals surface area contributed by atoms with Crippen molar-refractivity contribution in [1.29, 1.82) is 0 Å². The summed E-state index contributed by atoms with van der Waals surface area (Å²) >= 11 is 0. The van der Waals surface area contributed by atoms with Gasteiger partial charge in [0.2, 0.25) is 0 Å². The second-order valence-electron chi connectivity index (χ2n) is 4.58. The third-order valence-electron chi connectivity index (χ3n) is 3.82. The first-order chi connectivity index (χ1) is 6.80. The molecule has 0 bridgehead atoms. The van der Waals surface area contributed by atoms with Crippen LogP contribution in [-0.2, 0) is 0 Å². The van der Waals surface area contributed by atoms with Crippen molar-refractivity contribution in [2.75, 3.05) is 6.54 Å². The van der Waals surface area contributed by atoms with Crippen LogP contribution in [0, 0.1) is 11.2 Å². The van der Waals surface area contributed by atoms with E-state index in [1.54, 1.807) is 12.1 Å². The van der Waals surface area contributed by atoms with E-state index < -0.39 is 0 Å². The van der Waals surface area contributed by atoms with Gasteiger partial charge >= 0.3 is 0 Å². The van der Waals surface area contributed by atoms with Gasteiger partial charge in [-0.2, -0.15) is 0 Å². The van der Waals surface area contributed by atoms with Crippen molar-refractivity contribution < 1.29 is 4.39 Å². The van der Waals surface area contributed by atoms with Crippen LogP contribution in [0.25, 0.3) is 0 Å². The molecule has 1 spiro atoms. The van der Waals surface area contributed by atoms with Crippen molar-refractivity contribution in [3.63, 3.8) is 0 Å². The molecule has 0 radical (unpaired) electrons. The van der Waals surface area contributed by atoms with Gasteiger partial charge in [0, 0.05) is 18.0 Å². The quantitative estimate of drug-likeness (QED) is 0.719. The van der Waals surface area contributed by atoms with Crippen LogP contribution in [-0.4, -0.2) is 6.54 Å². The van der Waals surface area contributed by atoms with E-state index in [0.29, 0.717) is 11.5 Å². The molecule has 2 heteroatoms. The summed E-state index contributed by atoms with van der Waals surface area (Å²) in [5, 5.41) is 3.45. The third-order valence-corrected chi connectivity index (χ3v) is 3.82. The lowest BCUT2D eigenvalue weighted by atomic mass is 9.58. The van der Waals surface area contributed by atoms with Crippen LogP contribution < -0.4 is 5.32 Å². The number of nitrogens with one attached hydrogen (secondary N) is 1. The summed E-state index contributed by atoms with van der Waals surface area (Å²) in [4.78, 5) is 0. The van der Waals surface area contributed by atoms with Crippen molar-refractivity contribution >= 4 is 0 Å². The molecule has 0 amide bonds. The molecule has 3 rings (SSSR count). The van der Waals surface area contributed by atoms with Crippen LogP contribution in [0.15, 0.2) is 24.3 Å². The molecule has 14 heavy (non-hydrogen) atoms. The Labute approximate surface area is 83.3 Å². The molecule has 1 aliphatic heterocycles. The largest absolute Gasteiger partial charge is 0.309 e. The summed E-state index contributed by atoms with van der Waals surface area (Å²) in [7, 11) is 0. The average Bonchev–Trinajstić information content (AvgIpc) is 2.04. The Morgan fingerprint density at radius 1 is 1.21 bits per heavy atom. The van der Waals surface area contributed by atoms with E-state index in [0.717, 1.165) is 6.54 Å². The fourth-order valence-electron chi connectivity index (χ4n) is 2.72. The topological polar surface area (TPSA) is 12.0 Å². The Morgan fingerprint density at radius 3 is 2.36 bits per heavy atom. The van der Waals surface area contributed by atoms with Gasteiger partial charge in [0.15, 0.2) is 0 Å². The van der Waals surface area contributed by atoms with Gasteiger partial charge in [-0.1, -0.05) is 18.6 Å². The molecule has 1 nitrogen and oxygen atoms in total. The molecule has 1 aliphatic carbocycles. The second kappa shape index (κ2) is 2.80. The minimum Gasteiger partial charge on any atom is -0.309 e. The lowest BCUT2D eigenvalue weighted by molar-refractivity contribution is -0.00567. The van der Waals surface area contributed by atoms with Crippen molar-refractivity contribution in [2.24, 2.45) is 5.41 Å². The maximum atomic E-state index is 12.7. The zero-order valence-corrected chi connectivity index (χ0v) is 8.09. The predicted octanol–water partition coefficient (Wildman–Crippen LogP) is 2.64. The zero-order valence-electron chi connectivity index (χ0n) is 8.09. The van der Waals surface area contributed by atoms with Crippen molar-refractivity contribution in [3.05, 3.63) is 35.6 Å². The molecule has 1 heterocycles. The maximum Gasteiger partial charge on any atom is 0.123 e. The van der Waals surface area contributed by atoms with Gasteiger partial charge in [0.25, 0.3) is 0 Å². The molecule has 1 aromatic carbocycles.